The van der Waals surface area contributed by atoms with Crippen LogP contribution in [-0.2, 0) is 12.0 Å². The molecule has 1 atom stereocenters. The number of benzene rings is 1. The van der Waals surface area contributed by atoms with Crippen LogP contribution >= 0.6 is 27.3 Å². The minimum atomic E-state index is -0.828. The van der Waals surface area contributed by atoms with E-state index in [-0.39, 0.29) is 0 Å². The molecule has 0 amide bonds. The average Bonchev–Trinajstić information content (AvgIpc) is 2.67. The molecule has 1 nitrogen and oxygen atoms in total. The number of hydrogen-bond acceptors (Lipinski definition) is 2. The predicted molar refractivity (Wildman–Crippen MR) is 81.2 cm³/mol. The Bertz CT molecular complexity index is 557. The molecule has 0 fully saturated rings. The molecule has 0 radical (unpaired) electrons. The maximum atomic E-state index is 10.7. The van der Waals surface area contributed by atoms with Gasteiger partial charge in [-0.25, -0.2) is 0 Å². The third-order valence-electron chi connectivity index (χ3n) is 3.32. The largest absolute Gasteiger partial charge is 0.385 e. The van der Waals surface area contributed by atoms with E-state index in [4.69, 9.17) is 0 Å². The van der Waals surface area contributed by atoms with Crippen LogP contribution in [0.2, 0.25) is 0 Å². The van der Waals surface area contributed by atoms with E-state index >= 15 is 0 Å². The van der Waals surface area contributed by atoms with E-state index in [0.29, 0.717) is 6.42 Å². The number of halogens is 1. The lowest BCUT2D eigenvalue weighted by molar-refractivity contribution is 0.0582. The van der Waals surface area contributed by atoms with Crippen molar-refractivity contribution in [3.8, 4) is 0 Å². The molecule has 96 valence electrons. The van der Waals surface area contributed by atoms with Crippen molar-refractivity contribution < 1.29 is 5.11 Å². The summed E-state index contributed by atoms with van der Waals surface area (Å²) >= 11 is 5.19. The molecule has 0 saturated heterocycles. The van der Waals surface area contributed by atoms with Crippen LogP contribution < -0.4 is 0 Å². The summed E-state index contributed by atoms with van der Waals surface area (Å²) < 4.78 is 1.08. The van der Waals surface area contributed by atoms with Gasteiger partial charge in [0, 0.05) is 15.8 Å². The zero-order valence-electron chi connectivity index (χ0n) is 10.8. The Morgan fingerprint density at radius 1 is 1.22 bits per heavy atom. The molecule has 1 aromatic heterocycles. The van der Waals surface area contributed by atoms with Crippen molar-refractivity contribution in [2.75, 3.05) is 0 Å². The van der Waals surface area contributed by atoms with E-state index in [2.05, 4.69) is 41.9 Å². The molecule has 1 unspecified atom stereocenters. The fourth-order valence-corrected chi connectivity index (χ4v) is 3.58. The molecule has 2 aromatic rings. The summed E-state index contributed by atoms with van der Waals surface area (Å²) in [6.45, 7) is 6.04. The van der Waals surface area contributed by atoms with Gasteiger partial charge in [0.15, 0.2) is 0 Å². The first-order valence-corrected chi connectivity index (χ1v) is 7.59. The summed E-state index contributed by atoms with van der Waals surface area (Å²) in [6, 6.07) is 8.19. The molecular formula is C15H17BrOS. The van der Waals surface area contributed by atoms with E-state index in [1.807, 2.05) is 24.4 Å². The number of rotatable bonds is 3. The first-order chi connectivity index (χ1) is 8.40. The SMILES string of the molecule is Cc1ccc(C(C)(O)Cc2sccc2Br)cc1C. The third-order valence-corrected chi connectivity index (χ3v) is 5.25. The minimum absolute atomic E-state index is 0.633. The summed E-state index contributed by atoms with van der Waals surface area (Å²) in [5.41, 5.74) is 2.63. The Morgan fingerprint density at radius 3 is 2.50 bits per heavy atom. The van der Waals surface area contributed by atoms with Crippen molar-refractivity contribution in [3.63, 3.8) is 0 Å². The van der Waals surface area contributed by atoms with Crippen molar-refractivity contribution in [2.45, 2.75) is 32.8 Å². The topological polar surface area (TPSA) is 20.2 Å². The van der Waals surface area contributed by atoms with Crippen molar-refractivity contribution in [1.82, 2.24) is 0 Å². The van der Waals surface area contributed by atoms with Crippen LogP contribution in [0.3, 0.4) is 0 Å². The molecule has 0 spiro atoms. The second-order valence-corrected chi connectivity index (χ2v) is 6.80. The molecule has 1 N–H and O–H groups in total. The molecule has 2 rings (SSSR count). The average molecular weight is 325 g/mol. The lowest BCUT2D eigenvalue weighted by Crippen LogP contribution is -2.24. The highest BCUT2D eigenvalue weighted by Gasteiger charge is 2.25. The first kappa shape index (κ1) is 13.8. The lowest BCUT2D eigenvalue weighted by atomic mass is 9.90. The Kier molecular flexibility index (Phi) is 3.95. The fourth-order valence-electron chi connectivity index (χ4n) is 1.94. The highest BCUT2D eigenvalue weighted by molar-refractivity contribution is 9.10. The second-order valence-electron chi connectivity index (χ2n) is 4.94. The molecule has 1 aromatic carbocycles. The maximum absolute atomic E-state index is 10.7. The van der Waals surface area contributed by atoms with Gasteiger partial charge in [-0.15, -0.1) is 11.3 Å². The standard InChI is InChI=1S/C15H17BrOS/c1-10-4-5-12(8-11(10)2)15(3,17)9-14-13(16)6-7-18-14/h4-8,17H,9H2,1-3H3. The van der Waals surface area contributed by atoms with E-state index in [9.17, 15) is 5.11 Å². The highest BCUT2D eigenvalue weighted by Crippen LogP contribution is 2.32. The second kappa shape index (κ2) is 5.16. The van der Waals surface area contributed by atoms with E-state index in [1.165, 1.54) is 16.0 Å². The summed E-state index contributed by atoms with van der Waals surface area (Å²) in [5.74, 6) is 0. The van der Waals surface area contributed by atoms with Gasteiger partial charge in [0.2, 0.25) is 0 Å². The van der Waals surface area contributed by atoms with Gasteiger partial charge < -0.3 is 5.11 Å². The predicted octanol–water partition coefficient (Wildman–Crippen LogP) is 4.58. The molecular weight excluding hydrogens is 308 g/mol. The molecule has 3 heteroatoms. The van der Waals surface area contributed by atoms with Crippen LogP contribution in [0.25, 0.3) is 0 Å². The normalized spacial score (nSPS) is 14.5. The molecule has 0 aliphatic carbocycles. The molecule has 0 aliphatic heterocycles. The number of aliphatic hydroxyl groups is 1. The van der Waals surface area contributed by atoms with Crippen molar-refractivity contribution in [2.24, 2.45) is 0 Å². The smallest absolute Gasteiger partial charge is 0.0917 e. The van der Waals surface area contributed by atoms with Crippen LogP contribution in [0.4, 0.5) is 0 Å². The van der Waals surface area contributed by atoms with E-state index in [1.54, 1.807) is 11.3 Å². The zero-order valence-corrected chi connectivity index (χ0v) is 13.2. The first-order valence-electron chi connectivity index (χ1n) is 5.92. The van der Waals surface area contributed by atoms with Crippen LogP contribution in [-0.4, -0.2) is 5.11 Å². The van der Waals surface area contributed by atoms with E-state index in [0.717, 1.165) is 10.0 Å². The van der Waals surface area contributed by atoms with Gasteiger partial charge in [-0.2, -0.15) is 0 Å². The lowest BCUT2D eigenvalue weighted by Gasteiger charge is -2.24. The Morgan fingerprint density at radius 2 is 1.94 bits per heavy atom. The van der Waals surface area contributed by atoms with Crippen molar-refractivity contribution in [1.29, 1.82) is 0 Å². The van der Waals surface area contributed by atoms with Crippen LogP contribution in [0.15, 0.2) is 34.1 Å². The van der Waals surface area contributed by atoms with Crippen molar-refractivity contribution in [3.05, 3.63) is 55.7 Å². The van der Waals surface area contributed by atoms with Gasteiger partial charge in [-0.3, -0.25) is 0 Å². The van der Waals surface area contributed by atoms with Gasteiger partial charge in [-0.1, -0.05) is 18.2 Å². The molecule has 0 aliphatic rings. The summed E-state index contributed by atoms with van der Waals surface area (Å²) in [5, 5.41) is 12.7. The highest BCUT2D eigenvalue weighted by atomic mass is 79.9. The quantitative estimate of drug-likeness (QED) is 0.876. The Hall–Kier alpha value is -0.640. The van der Waals surface area contributed by atoms with Gasteiger partial charge in [0.25, 0.3) is 0 Å². The molecule has 0 saturated carbocycles. The number of hydrogen-bond donors (Lipinski definition) is 1. The number of thiophene rings is 1. The van der Waals surface area contributed by atoms with Gasteiger partial charge in [-0.05, 0) is 64.8 Å². The van der Waals surface area contributed by atoms with E-state index < -0.39 is 5.60 Å². The molecule has 18 heavy (non-hydrogen) atoms. The Labute approximate surface area is 121 Å². The zero-order chi connectivity index (χ0) is 13.3. The number of aryl methyl sites for hydroxylation is 2. The monoisotopic (exact) mass is 324 g/mol. The summed E-state index contributed by atoms with van der Waals surface area (Å²) in [6.07, 6.45) is 0.633. The van der Waals surface area contributed by atoms with Crippen molar-refractivity contribution >= 4 is 27.3 Å². The fraction of sp³-hybridized carbons (Fsp3) is 0.333. The Balaban J connectivity index is 2.30. The maximum Gasteiger partial charge on any atom is 0.0917 e. The third kappa shape index (κ3) is 2.85. The summed E-state index contributed by atoms with van der Waals surface area (Å²) in [4.78, 5) is 1.18. The summed E-state index contributed by atoms with van der Waals surface area (Å²) in [7, 11) is 0. The molecule has 1 heterocycles. The van der Waals surface area contributed by atoms with Crippen LogP contribution in [0.5, 0.6) is 0 Å². The molecule has 0 bridgehead atoms. The van der Waals surface area contributed by atoms with Crippen LogP contribution in [0, 0.1) is 13.8 Å². The van der Waals surface area contributed by atoms with Gasteiger partial charge in [0.1, 0.15) is 0 Å². The van der Waals surface area contributed by atoms with Crippen LogP contribution in [0.1, 0.15) is 28.5 Å². The minimum Gasteiger partial charge on any atom is -0.385 e. The van der Waals surface area contributed by atoms with Gasteiger partial charge >= 0.3 is 0 Å². The van der Waals surface area contributed by atoms with Gasteiger partial charge in [0.05, 0.1) is 5.60 Å².